The number of fused-ring (bicyclic) bond motifs is 1. The highest BCUT2D eigenvalue weighted by Crippen LogP contribution is 2.37. The second kappa shape index (κ2) is 4.39. The predicted octanol–water partition coefficient (Wildman–Crippen LogP) is 4.53. The summed E-state index contributed by atoms with van der Waals surface area (Å²) in [6, 6.07) is 9.15. The third-order valence-corrected chi connectivity index (χ3v) is 3.91. The molecular formula is C15H13BrFN. The first kappa shape index (κ1) is 11.7. The van der Waals surface area contributed by atoms with Gasteiger partial charge in [0.2, 0.25) is 0 Å². The standard InChI is InChI=1S/C15H13BrFN/c1-9-2-4-11(12-6-7-18-15(9)12)13-8-10(16)3-5-14(13)17/h2-5,8,18H,6-7H2,1H3. The summed E-state index contributed by atoms with van der Waals surface area (Å²) in [6.45, 7) is 3.01. The van der Waals surface area contributed by atoms with E-state index in [1.54, 1.807) is 6.07 Å². The van der Waals surface area contributed by atoms with Gasteiger partial charge in [0.1, 0.15) is 5.82 Å². The molecule has 0 atom stereocenters. The van der Waals surface area contributed by atoms with Crippen LogP contribution in [-0.4, -0.2) is 6.54 Å². The molecule has 3 heteroatoms. The number of hydrogen-bond donors (Lipinski definition) is 1. The molecule has 0 saturated heterocycles. The van der Waals surface area contributed by atoms with E-state index in [0.717, 1.165) is 23.0 Å². The molecule has 0 saturated carbocycles. The van der Waals surface area contributed by atoms with Crippen LogP contribution >= 0.6 is 15.9 Å². The Morgan fingerprint density at radius 2 is 2.00 bits per heavy atom. The molecule has 1 aliphatic rings. The molecule has 0 fully saturated rings. The van der Waals surface area contributed by atoms with Gasteiger partial charge < -0.3 is 5.32 Å². The second-order valence-corrected chi connectivity index (χ2v) is 5.50. The number of hydrogen-bond acceptors (Lipinski definition) is 1. The van der Waals surface area contributed by atoms with Gasteiger partial charge in [-0.25, -0.2) is 4.39 Å². The zero-order chi connectivity index (χ0) is 12.7. The molecule has 1 N–H and O–H groups in total. The average Bonchev–Trinajstić information content (AvgIpc) is 2.83. The van der Waals surface area contributed by atoms with E-state index < -0.39 is 0 Å². The van der Waals surface area contributed by atoms with Crippen LogP contribution in [0.15, 0.2) is 34.8 Å². The van der Waals surface area contributed by atoms with Gasteiger partial charge in [-0.2, -0.15) is 0 Å². The van der Waals surface area contributed by atoms with Crippen molar-refractivity contribution in [3.63, 3.8) is 0 Å². The third-order valence-electron chi connectivity index (χ3n) is 3.42. The van der Waals surface area contributed by atoms with Crippen LogP contribution in [0.25, 0.3) is 11.1 Å². The highest BCUT2D eigenvalue weighted by atomic mass is 79.9. The second-order valence-electron chi connectivity index (χ2n) is 4.58. The van der Waals surface area contributed by atoms with E-state index in [1.165, 1.54) is 22.9 Å². The smallest absolute Gasteiger partial charge is 0.131 e. The molecule has 0 spiro atoms. The maximum atomic E-state index is 14.0. The van der Waals surface area contributed by atoms with Gasteiger partial charge >= 0.3 is 0 Å². The Morgan fingerprint density at radius 1 is 1.17 bits per heavy atom. The van der Waals surface area contributed by atoms with Crippen LogP contribution in [0.2, 0.25) is 0 Å². The first-order valence-corrected chi connectivity index (χ1v) is 6.78. The molecule has 1 aliphatic heterocycles. The van der Waals surface area contributed by atoms with Crippen LogP contribution in [-0.2, 0) is 6.42 Å². The summed E-state index contributed by atoms with van der Waals surface area (Å²) in [5.41, 5.74) is 5.30. The normalized spacial score (nSPS) is 13.3. The van der Waals surface area contributed by atoms with Crippen molar-refractivity contribution in [1.29, 1.82) is 0 Å². The molecule has 0 amide bonds. The Labute approximate surface area is 114 Å². The molecule has 0 aromatic heterocycles. The van der Waals surface area contributed by atoms with E-state index in [9.17, 15) is 4.39 Å². The Hall–Kier alpha value is -1.35. The molecule has 0 aliphatic carbocycles. The van der Waals surface area contributed by atoms with Crippen molar-refractivity contribution in [3.05, 3.63) is 51.7 Å². The summed E-state index contributed by atoms with van der Waals surface area (Å²) in [5, 5.41) is 3.38. The number of rotatable bonds is 1. The quantitative estimate of drug-likeness (QED) is 0.816. The summed E-state index contributed by atoms with van der Waals surface area (Å²) < 4.78 is 14.9. The van der Waals surface area contributed by atoms with Gasteiger partial charge in [0.05, 0.1) is 0 Å². The average molecular weight is 306 g/mol. The third kappa shape index (κ3) is 1.83. The summed E-state index contributed by atoms with van der Waals surface area (Å²) in [4.78, 5) is 0. The molecule has 0 unspecified atom stereocenters. The fourth-order valence-electron chi connectivity index (χ4n) is 2.54. The van der Waals surface area contributed by atoms with Gasteiger partial charge in [-0.3, -0.25) is 0 Å². The Morgan fingerprint density at radius 3 is 2.83 bits per heavy atom. The van der Waals surface area contributed by atoms with Crippen molar-refractivity contribution in [2.24, 2.45) is 0 Å². The van der Waals surface area contributed by atoms with Gasteiger partial charge in [0.15, 0.2) is 0 Å². The highest BCUT2D eigenvalue weighted by Gasteiger charge is 2.19. The predicted molar refractivity (Wildman–Crippen MR) is 76.5 cm³/mol. The zero-order valence-corrected chi connectivity index (χ0v) is 11.6. The highest BCUT2D eigenvalue weighted by molar-refractivity contribution is 9.10. The molecule has 92 valence electrons. The SMILES string of the molecule is Cc1ccc(-c2cc(Br)ccc2F)c2c1NCC2. The fraction of sp³-hybridized carbons (Fsp3) is 0.200. The van der Waals surface area contributed by atoms with Crippen LogP contribution in [0.3, 0.4) is 0 Å². The molecule has 0 bridgehead atoms. The minimum Gasteiger partial charge on any atom is -0.384 e. The minimum absolute atomic E-state index is 0.170. The number of aryl methyl sites for hydroxylation is 1. The van der Waals surface area contributed by atoms with E-state index >= 15 is 0 Å². The van der Waals surface area contributed by atoms with Crippen molar-refractivity contribution >= 4 is 21.6 Å². The van der Waals surface area contributed by atoms with Crippen LogP contribution < -0.4 is 5.32 Å². The van der Waals surface area contributed by atoms with E-state index in [2.05, 4.69) is 28.2 Å². The lowest BCUT2D eigenvalue weighted by atomic mass is 9.95. The van der Waals surface area contributed by atoms with Crippen LogP contribution in [0, 0.1) is 12.7 Å². The fourth-order valence-corrected chi connectivity index (χ4v) is 2.90. The summed E-state index contributed by atoms with van der Waals surface area (Å²) >= 11 is 3.41. The first-order chi connectivity index (χ1) is 8.66. The molecular weight excluding hydrogens is 293 g/mol. The maximum absolute atomic E-state index is 14.0. The van der Waals surface area contributed by atoms with Gasteiger partial charge in [-0.05, 0) is 48.2 Å². The number of anilines is 1. The molecule has 2 aromatic carbocycles. The van der Waals surface area contributed by atoms with Crippen molar-refractivity contribution in [2.45, 2.75) is 13.3 Å². The number of halogens is 2. The topological polar surface area (TPSA) is 12.0 Å². The van der Waals surface area contributed by atoms with Gasteiger partial charge in [0.25, 0.3) is 0 Å². The van der Waals surface area contributed by atoms with Gasteiger partial charge in [-0.1, -0.05) is 28.1 Å². The molecule has 3 rings (SSSR count). The van der Waals surface area contributed by atoms with E-state index in [-0.39, 0.29) is 5.82 Å². The molecule has 18 heavy (non-hydrogen) atoms. The molecule has 0 radical (unpaired) electrons. The Kier molecular flexibility index (Phi) is 2.86. The van der Waals surface area contributed by atoms with Crippen LogP contribution in [0.5, 0.6) is 0 Å². The van der Waals surface area contributed by atoms with Gasteiger partial charge in [-0.15, -0.1) is 0 Å². The largest absolute Gasteiger partial charge is 0.384 e. The zero-order valence-electron chi connectivity index (χ0n) is 10.1. The van der Waals surface area contributed by atoms with Crippen molar-refractivity contribution in [3.8, 4) is 11.1 Å². The minimum atomic E-state index is -0.170. The van der Waals surface area contributed by atoms with Crippen molar-refractivity contribution in [1.82, 2.24) is 0 Å². The Balaban J connectivity index is 2.24. The van der Waals surface area contributed by atoms with Crippen LogP contribution in [0.1, 0.15) is 11.1 Å². The van der Waals surface area contributed by atoms with Gasteiger partial charge in [0, 0.05) is 22.3 Å². The summed E-state index contributed by atoms with van der Waals surface area (Å²) in [6.07, 6.45) is 0.957. The van der Waals surface area contributed by atoms with E-state index in [0.29, 0.717) is 5.56 Å². The molecule has 2 aromatic rings. The lowest BCUT2D eigenvalue weighted by molar-refractivity contribution is 0.631. The number of nitrogens with one attached hydrogen (secondary N) is 1. The van der Waals surface area contributed by atoms with Crippen molar-refractivity contribution in [2.75, 3.05) is 11.9 Å². The lowest BCUT2D eigenvalue weighted by Crippen LogP contribution is -1.93. The van der Waals surface area contributed by atoms with Crippen LogP contribution in [0.4, 0.5) is 10.1 Å². The molecule has 1 nitrogen and oxygen atoms in total. The van der Waals surface area contributed by atoms with Crippen molar-refractivity contribution < 1.29 is 4.39 Å². The monoisotopic (exact) mass is 305 g/mol. The Bertz CT molecular complexity index is 622. The molecule has 1 heterocycles. The summed E-state index contributed by atoms with van der Waals surface area (Å²) in [5.74, 6) is -0.170. The number of benzene rings is 2. The van der Waals surface area contributed by atoms with E-state index in [4.69, 9.17) is 0 Å². The summed E-state index contributed by atoms with van der Waals surface area (Å²) in [7, 11) is 0. The maximum Gasteiger partial charge on any atom is 0.131 e. The first-order valence-electron chi connectivity index (χ1n) is 5.98. The van der Waals surface area contributed by atoms with E-state index in [1.807, 2.05) is 18.2 Å². The lowest BCUT2D eigenvalue weighted by Gasteiger charge is -2.12.